The van der Waals surface area contributed by atoms with E-state index in [4.69, 9.17) is 15.0 Å². The van der Waals surface area contributed by atoms with Gasteiger partial charge < -0.3 is 19.7 Å². The molecule has 0 rings (SSSR count). The van der Waals surface area contributed by atoms with Crippen LogP contribution in [0.25, 0.3) is 0 Å². The van der Waals surface area contributed by atoms with Crippen LogP contribution in [0.2, 0.25) is 0 Å². The molecule has 0 aliphatic carbocycles. The molecule has 0 radical (unpaired) electrons. The second-order valence-corrected chi connectivity index (χ2v) is 4.12. The Hall–Kier alpha value is -1.60. The standard InChI is InChI=1S/C7H12O4.C5H10O2.CH2O/c1-5(9)3-6(2)11-7(10)4-8;1-4(6)3-5(2)7;1-2/h6,8H,3-4H2,1-2H3;4,6H,3H2,1-2H3;1H2. The molecule has 118 valence electrons. The van der Waals surface area contributed by atoms with Crippen LogP contribution in [0.5, 0.6) is 0 Å². The van der Waals surface area contributed by atoms with Gasteiger partial charge in [-0.05, 0) is 27.7 Å². The van der Waals surface area contributed by atoms with E-state index in [1.54, 1.807) is 13.8 Å². The number of hydrogen-bond acceptors (Lipinski definition) is 7. The summed E-state index contributed by atoms with van der Waals surface area (Å²) < 4.78 is 4.60. The topological polar surface area (TPSA) is 118 Å². The third-order valence-electron chi connectivity index (χ3n) is 1.62. The molecule has 0 aromatic rings. The number of aliphatic hydroxyl groups excluding tert-OH is 2. The predicted octanol–water partition coefficient (Wildman–Crippen LogP) is 0.0509. The lowest BCUT2D eigenvalue weighted by Gasteiger charge is -2.09. The van der Waals surface area contributed by atoms with E-state index in [-0.39, 0.29) is 24.4 Å². The van der Waals surface area contributed by atoms with Crippen LogP contribution in [0, 0.1) is 0 Å². The summed E-state index contributed by atoms with van der Waals surface area (Å²) in [6, 6.07) is 0. The molecule has 20 heavy (non-hydrogen) atoms. The fourth-order valence-corrected chi connectivity index (χ4v) is 1.12. The molecule has 7 nitrogen and oxygen atoms in total. The van der Waals surface area contributed by atoms with E-state index in [0.717, 1.165) is 0 Å². The fraction of sp³-hybridized carbons (Fsp3) is 0.692. The van der Waals surface area contributed by atoms with Gasteiger partial charge >= 0.3 is 5.97 Å². The lowest BCUT2D eigenvalue weighted by molar-refractivity contribution is -0.152. The summed E-state index contributed by atoms with van der Waals surface area (Å²) >= 11 is 0. The van der Waals surface area contributed by atoms with Crippen LogP contribution in [-0.4, -0.2) is 53.4 Å². The minimum absolute atomic E-state index is 0.0370. The number of rotatable bonds is 6. The summed E-state index contributed by atoms with van der Waals surface area (Å²) in [6.07, 6.45) is -0.434. The van der Waals surface area contributed by atoms with E-state index in [1.807, 2.05) is 6.79 Å². The first-order valence-electron chi connectivity index (χ1n) is 5.95. The Morgan fingerprint density at radius 3 is 1.65 bits per heavy atom. The number of esters is 1. The quantitative estimate of drug-likeness (QED) is 0.664. The van der Waals surface area contributed by atoms with E-state index in [0.29, 0.717) is 0 Å². The number of ketones is 2. The number of Topliss-reactive ketones (excluding diaryl/α,β-unsaturated/α-hetero) is 2. The van der Waals surface area contributed by atoms with E-state index in [2.05, 4.69) is 4.74 Å². The Balaban J connectivity index is -0.000000277. The third kappa shape index (κ3) is 25.3. The highest BCUT2D eigenvalue weighted by atomic mass is 16.6. The zero-order chi connectivity index (χ0) is 16.7. The first-order valence-corrected chi connectivity index (χ1v) is 5.95. The van der Waals surface area contributed by atoms with Gasteiger partial charge in [0.15, 0.2) is 0 Å². The van der Waals surface area contributed by atoms with Gasteiger partial charge in [0.2, 0.25) is 0 Å². The molecule has 0 spiro atoms. The van der Waals surface area contributed by atoms with E-state index < -0.39 is 24.8 Å². The molecule has 0 aromatic carbocycles. The maximum Gasteiger partial charge on any atom is 0.332 e. The number of hydrogen-bond donors (Lipinski definition) is 2. The van der Waals surface area contributed by atoms with Crippen molar-refractivity contribution >= 4 is 24.3 Å². The van der Waals surface area contributed by atoms with E-state index >= 15 is 0 Å². The van der Waals surface area contributed by atoms with Crippen LogP contribution < -0.4 is 0 Å². The average molecular weight is 292 g/mol. The fourth-order valence-electron chi connectivity index (χ4n) is 1.12. The molecule has 0 fully saturated rings. The minimum Gasteiger partial charge on any atom is -0.461 e. The van der Waals surface area contributed by atoms with Gasteiger partial charge in [-0.1, -0.05) is 0 Å². The van der Waals surface area contributed by atoms with Crippen LogP contribution in [0.15, 0.2) is 0 Å². The predicted molar refractivity (Wildman–Crippen MR) is 72.0 cm³/mol. The number of ether oxygens (including phenoxy) is 1. The Morgan fingerprint density at radius 2 is 1.45 bits per heavy atom. The van der Waals surface area contributed by atoms with Gasteiger partial charge in [-0.15, -0.1) is 0 Å². The summed E-state index contributed by atoms with van der Waals surface area (Å²) in [5, 5.41) is 16.8. The van der Waals surface area contributed by atoms with Crippen molar-refractivity contribution in [2.45, 2.75) is 52.7 Å². The molecule has 2 N–H and O–H groups in total. The molecule has 0 saturated heterocycles. The summed E-state index contributed by atoms with van der Waals surface area (Å²) in [7, 11) is 0. The van der Waals surface area contributed by atoms with Crippen molar-refractivity contribution in [2.24, 2.45) is 0 Å². The molecule has 2 atom stereocenters. The second-order valence-electron chi connectivity index (χ2n) is 4.12. The molecule has 0 aromatic heterocycles. The van der Waals surface area contributed by atoms with Crippen LogP contribution in [-0.2, 0) is 23.9 Å². The lowest BCUT2D eigenvalue weighted by Crippen LogP contribution is -2.19. The first kappa shape index (κ1) is 23.5. The second kappa shape index (κ2) is 15.5. The maximum absolute atomic E-state index is 10.5. The monoisotopic (exact) mass is 292 g/mol. The van der Waals surface area contributed by atoms with Crippen LogP contribution in [0.4, 0.5) is 0 Å². The molecule has 2 unspecified atom stereocenters. The minimum atomic E-state index is -0.696. The smallest absolute Gasteiger partial charge is 0.332 e. The van der Waals surface area contributed by atoms with Crippen molar-refractivity contribution in [3.63, 3.8) is 0 Å². The molecule has 0 aliphatic heterocycles. The Morgan fingerprint density at radius 1 is 1.05 bits per heavy atom. The highest BCUT2D eigenvalue weighted by Crippen LogP contribution is 1.97. The van der Waals surface area contributed by atoms with Crippen LogP contribution >= 0.6 is 0 Å². The Labute approximate surface area is 118 Å². The van der Waals surface area contributed by atoms with Crippen molar-refractivity contribution < 1.29 is 34.1 Å². The van der Waals surface area contributed by atoms with Gasteiger partial charge in [0.05, 0.1) is 6.10 Å². The Bertz CT molecular complexity index is 286. The van der Waals surface area contributed by atoms with E-state index in [9.17, 15) is 14.4 Å². The summed E-state index contributed by atoms with van der Waals surface area (Å²) in [5.74, 6) is -0.697. The zero-order valence-corrected chi connectivity index (χ0v) is 12.4. The normalized spacial score (nSPS) is 11.7. The zero-order valence-electron chi connectivity index (χ0n) is 12.4. The lowest BCUT2D eigenvalue weighted by atomic mass is 10.2. The highest BCUT2D eigenvalue weighted by Gasteiger charge is 2.09. The van der Waals surface area contributed by atoms with Gasteiger partial charge in [0, 0.05) is 12.8 Å². The SMILES string of the molecule is C=O.CC(=O)CC(C)O.CC(=O)CC(C)OC(=O)CO. The highest BCUT2D eigenvalue weighted by molar-refractivity contribution is 5.77. The number of carbonyl (C=O) groups excluding carboxylic acids is 4. The van der Waals surface area contributed by atoms with Gasteiger partial charge in [0.1, 0.15) is 31.1 Å². The average Bonchev–Trinajstić information content (AvgIpc) is 2.29. The molecule has 0 bridgehead atoms. The van der Waals surface area contributed by atoms with Crippen molar-refractivity contribution in [1.29, 1.82) is 0 Å². The largest absolute Gasteiger partial charge is 0.461 e. The molecule has 0 saturated carbocycles. The molecule has 7 heteroatoms. The summed E-state index contributed by atoms with van der Waals surface area (Å²) in [4.78, 5) is 39.0. The van der Waals surface area contributed by atoms with Crippen LogP contribution in [0.3, 0.4) is 0 Å². The molecule has 0 aliphatic rings. The Kier molecular flexibility index (Phi) is 18.2. The summed E-state index contributed by atoms with van der Waals surface area (Å²) in [5.41, 5.74) is 0. The van der Waals surface area contributed by atoms with Crippen molar-refractivity contribution in [1.82, 2.24) is 0 Å². The molecule has 0 heterocycles. The van der Waals surface area contributed by atoms with Gasteiger partial charge in [-0.25, -0.2) is 4.79 Å². The van der Waals surface area contributed by atoms with Crippen molar-refractivity contribution in [3.05, 3.63) is 0 Å². The summed E-state index contributed by atoms with van der Waals surface area (Å²) in [6.45, 7) is 7.45. The van der Waals surface area contributed by atoms with Gasteiger partial charge in [-0.2, -0.15) is 0 Å². The number of aliphatic hydroxyl groups is 2. The van der Waals surface area contributed by atoms with E-state index in [1.165, 1.54) is 13.8 Å². The van der Waals surface area contributed by atoms with Gasteiger partial charge in [-0.3, -0.25) is 9.59 Å². The van der Waals surface area contributed by atoms with Crippen LogP contribution in [0.1, 0.15) is 40.5 Å². The molecular formula is C13H24O7. The van der Waals surface area contributed by atoms with Gasteiger partial charge in [0.25, 0.3) is 0 Å². The van der Waals surface area contributed by atoms with Crippen molar-refractivity contribution in [2.75, 3.05) is 6.61 Å². The molecular weight excluding hydrogens is 268 g/mol. The maximum atomic E-state index is 10.5. The first-order chi connectivity index (χ1) is 9.18. The third-order valence-corrected chi connectivity index (χ3v) is 1.62. The molecule has 0 amide bonds. The number of carbonyl (C=O) groups is 4. The van der Waals surface area contributed by atoms with Crippen molar-refractivity contribution in [3.8, 4) is 0 Å².